The molecule has 0 spiro atoms. The number of halogens is 1. The fourth-order valence-electron chi connectivity index (χ4n) is 3.08. The Balaban J connectivity index is 1.73. The average Bonchev–Trinajstić information content (AvgIpc) is 2.74. The van der Waals surface area contributed by atoms with Crippen LogP contribution >= 0.6 is 34.4 Å². The molecular formula is C26H27IN2O2S. The van der Waals surface area contributed by atoms with Crippen molar-refractivity contribution in [1.82, 2.24) is 0 Å². The number of carbonyl (C=O) groups excluding carboxylic acids is 2. The van der Waals surface area contributed by atoms with Gasteiger partial charge in [0.15, 0.2) is 0 Å². The molecule has 3 aromatic carbocycles. The number of rotatable bonds is 7. The van der Waals surface area contributed by atoms with E-state index in [1.54, 1.807) is 0 Å². The molecule has 0 aliphatic rings. The third-order valence-electron chi connectivity index (χ3n) is 4.54. The molecule has 166 valence electrons. The quantitative estimate of drug-likeness (QED) is 0.240. The minimum absolute atomic E-state index is 0.00281. The highest BCUT2D eigenvalue weighted by atomic mass is 127. The molecule has 3 aromatic rings. The Morgan fingerprint density at radius 2 is 1.41 bits per heavy atom. The molecule has 0 radical (unpaired) electrons. The topological polar surface area (TPSA) is 58.2 Å². The van der Waals surface area contributed by atoms with Crippen molar-refractivity contribution >= 4 is 57.5 Å². The van der Waals surface area contributed by atoms with Gasteiger partial charge in [-0.3, -0.25) is 9.59 Å². The van der Waals surface area contributed by atoms with Gasteiger partial charge in [-0.15, -0.1) is 11.8 Å². The maximum absolute atomic E-state index is 13.2. The van der Waals surface area contributed by atoms with E-state index in [9.17, 15) is 9.59 Å². The summed E-state index contributed by atoms with van der Waals surface area (Å²) in [4.78, 5) is 26.3. The molecule has 3 rings (SSSR count). The maximum Gasteiger partial charge on any atom is 0.242 e. The van der Waals surface area contributed by atoms with Crippen LogP contribution < -0.4 is 10.6 Å². The summed E-state index contributed by atoms with van der Waals surface area (Å²) in [5.74, 6) is -0.0815. The van der Waals surface area contributed by atoms with Crippen LogP contribution in [0.25, 0.3) is 0 Å². The van der Waals surface area contributed by atoms with Crippen molar-refractivity contribution in [3.05, 3.63) is 88.0 Å². The molecule has 0 bridgehead atoms. The van der Waals surface area contributed by atoms with E-state index in [0.29, 0.717) is 6.42 Å². The van der Waals surface area contributed by atoms with Crippen molar-refractivity contribution in [2.24, 2.45) is 5.41 Å². The molecule has 0 heterocycles. The fraction of sp³-hybridized carbons (Fsp3) is 0.231. The van der Waals surface area contributed by atoms with E-state index < -0.39 is 5.25 Å². The van der Waals surface area contributed by atoms with Crippen molar-refractivity contribution in [1.29, 1.82) is 0 Å². The van der Waals surface area contributed by atoms with Gasteiger partial charge in [-0.25, -0.2) is 0 Å². The van der Waals surface area contributed by atoms with Crippen molar-refractivity contribution in [3.63, 3.8) is 0 Å². The van der Waals surface area contributed by atoms with Crippen molar-refractivity contribution in [3.8, 4) is 0 Å². The number of nitrogens with one attached hydrogen (secondary N) is 2. The molecule has 32 heavy (non-hydrogen) atoms. The lowest BCUT2D eigenvalue weighted by Gasteiger charge is -2.18. The summed E-state index contributed by atoms with van der Waals surface area (Å²) in [6, 6.07) is 25.1. The highest BCUT2D eigenvalue weighted by Crippen LogP contribution is 2.36. The minimum Gasteiger partial charge on any atom is -0.326 e. The van der Waals surface area contributed by atoms with Gasteiger partial charge in [0.25, 0.3) is 0 Å². The summed E-state index contributed by atoms with van der Waals surface area (Å²) in [6.45, 7) is 6.12. The van der Waals surface area contributed by atoms with Crippen LogP contribution in [0.4, 0.5) is 11.4 Å². The standard InChI is InChI=1S/C26H27IN2O2S/c1-26(2,3)17-23(30)28-20-13-15-22(16-14-20)32-24(18-7-5-4-6-8-18)25(31)29-21-11-9-19(27)10-12-21/h4-16,24H,17H2,1-3H3,(H,28,30)(H,29,31). The second kappa shape index (κ2) is 11.0. The highest BCUT2D eigenvalue weighted by Gasteiger charge is 2.22. The van der Waals surface area contributed by atoms with Crippen molar-refractivity contribution in [2.75, 3.05) is 10.6 Å². The molecule has 4 nitrogen and oxygen atoms in total. The lowest BCUT2D eigenvalue weighted by atomic mass is 9.92. The van der Waals surface area contributed by atoms with E-state index >= 15 is 0 Å². The predicted octanol–water partition coefficient (Wildman–Crippen LogP) is 7.14. The van der Waals surface area contributed by atoms with E-state index in [1.165, 1.54) is 11.8 Å². The molecule has 1 atom stereocenters. The van der Waals surface area contributed by atoms with Crippen LogP contribution in [0.1, 0.15) is 38.0 Å². The second-order valence-electron chi connectivity index (χ2n) is 8.71. The van der Waals surface area contributed by atoms with Gasteiger partial charge >= 0.3 is 0 Å². The van der Waals surface area contributed by atoms with Gasteiger partial charge < -0.3 is 10.6 Å². The average molecular weight is 558 g/mol. The predicted molar refractivity (Wildman–Crippen MR) is 142 cm³/mol. The number of carbonyl (C=O) groups is 2. The van der Waals surface area contributed by atoms with Crippen molar-refractivity contribution in [2.45, 2.75) is 37.3 Å². The highest BCUT2D eigenvalue weighted by molar-refractivity contribution is 14.1. The van der Waals surface area contributed by atoms with Gasteiger partial charge in [0.1, 0.15) is 5.25 Å². The normalized spacial score (nSPS) is 12.1. The van der Waals surface area contributed by atoms with E-state index in [2.05, 4.69) is 33.2 Å². The first-order valence-electron chi connectivity index (χ1n) is 10.4. The molecule has 0 saturated heterocycles. The maximum atomic E-state index is 13.2. The van der Waals surface area contributed by atoms with Crippen LogP contribution in [0.5, 0.6) is 0 Å². The van der Waals surface area contributed by atoms with E-state index in [4.69, 9.17) is 0 Å². The lowest BCUT2D eigenvalue weighted by molar-refractivity contribution is -0.118. The zero-order valence-corrected chi connectivity index (χ0v) is 21.4. The lowest BCUT2D eigenvalue weighted by Crippen LogP contribution is -2.19. The van der Waals surface area contributed by atoms with Crippen LogP contribution in [0.3, 0.4) is 0 Å². The second-order valence-corrected chi connectivity index (χ2v) is 11.1. The number of anilines is 2. The smallest absolute Gasteiger partial charge is 0.242 e. The Morgan fingerprint density at radius 3 is 2.00 bits per heavy atom. The third kappa shape index (κ3) is 7.67. The first-order valence-corrected chi connectivity index (χ1v) is 12.3. The molecule has 0 saturated carbocycles. The Hall–Kier alpha value is -2.32. The van der Waals surface area contributed by atoms with Crippen LogP contribution in [0, 0.1) is 8.99 Å². The van der Waals surface area contributed by atoms with Crippen LogP contribution in [0.15, 0.2) is 83.8 Å². The van der Waals surface area contributed by atoms with Crippen molar-refractivity contribution < 1.29 is 9.59 Å². The molecular weight excluding hydrogens is 531 g/mol. The van der Waals surface area contributed by atoms with Gasteiger partial charge in [0.05, 0.1) is 0 Å². The molecule has 0 aromatic heterocycles. The summed E-state index contributed by atoms with van der Waals surface area (Å²) in [5, 5.41) is 5.56. The number of benzene rings is 3. The number of hydrogen-bond donors (Lipinski definition) is 2. The minimum atomic E-state index is -0.406. The number of hydrogen-bond acceptors (Lipinski definition) is 3. The SMILES string of the molecule is CC(C)(C)CC(=O)Nc1ccc(SC(C(=O)Nc2ccc(I)cc2)c2ccccc2)cc1. The molecule has 2 amide bonds. The number of amides is 2. The molecule has 6 heteroatoms. The van der Waals surface area contributed by atoms with Crippen LogP contribution in [-0.4, -0.2) is 11.8 Å². The molecule has 0 aliphatic heterocycles. The summed E-state index contributed by atoms with van der Waals surface area (Å²) in [5.41, 5.74) is 2.40. The van der Waals surface area contributed by atoms with Gasteiger partial charge in [-0.1, -0.05) is 51.1 Å². The molecule has 1 unspecified atom stereocenters. The first-order chi connectivity index (χ1) is 15.2. The monoisotopic (exact) mass is 558 g/mol. The van der Waals surface area contributed by atoms with E-state index in [-0.39, 0.29) is 17.2 Å². The number of thioether (sulfide) groups is 1. The summed E-state index contributed by atoms with van der Waals surface area (Å²) in [7, 11) is 0. The first kappa shape index (κ1) is 24.3. The summed E-state index contributed by atoms with van der Waals surface area (Å²) in [6.07, 6.45) is 0.457. The Labute approximate surface area is 207 Å². The largest absolute Gasteiger partial charge is 0.326 e. The summed E-state index contributed by atoms with van der Waals surface area (Å²) >= 11 is 3.72. The van der Waals surface area contributed by atoms with Crippen LogP contribution in [0.2, 0.25) is 0 Å². The molecule has 0 aliphatic carbocycles. The molecule has 2 N–H and O–H groups in total. The Morgan fingerprint density at radius 1 is 0.844 bits per heavy atom. The zero-order chi connectivity index (χ0) is 23.1. The molecule has 0 fully saturated rings. The summed E-state index contributed by atoms with van der Waals surface area (Å²) < 4.78 is 1.12. The van der Waals surface area contributed by atoms with Gasteiger partial charge in [-0.2, -0.15) is 0 Å². The third-order valence-corrected chi connectivity index (χ3v) is 6.52. The van der Waals surface area contributed by atoms with E-state index in [0.717, 1.165) is 25.4 Å². The van der Waals surface area contributed by atoms with E-state index in [1.807, 2.05) is 99.6 Å². The van der Waals surface area contributed by atoms with Gasteiger partial charge in [0.2, 0.25) is 11.8 Å². The Kier molecular flexibility index (Phi) is 8.37. The zero-order valence-electron chi connectivity index (χ0n) is 18.4. The van der Waals surface area contributed by atoms with Gasteiger partial charge in [0, 0.05) is 26.3 Å². The fourth-order valence-corrected chi connectivity index (χ4v) is 4.47. The van der Waals surface area contributed by atoms with Crippen LogP contribution in [-0.2, 0) is 9.59 Å². The Bertz CT molecular complexity index is 1050. The van der Waals surface area contributed by atoms with Gasteiger partial charge in [-0.05, 0) is 82.1 Å².